The molecule has 1 aliphatic carbocycles. The lowest BCUT2D eigenvalue weighted by Crippen LogP contribution is -2.36. The summed E-state index contributed by atoms with van der Waals surface area (Å²) in [7, 11) is 0. The number of hydrogen-bond donors (Lipinski definition) is 0. The molecule has 0 spiro atoms. The second-order valence-corrected chi connectivity index (χ2v) is 10.2. The maximum atomic E-state index is 13.3. The van der Waals surface area contributed by atoms with Gasteiger partial charge in [0.15, 0.2) is 11.5 Å². The molecule has 0 unspecified atom stereocenters. The standard InChI is InChI=1S/C26H23N3O3S2/c30-25-23(34-26(33)29(25)20-8-4-5-9-20)15-18-16-28(19-6-2-1-3-7-19)27-24(18)17-10-11-21-22(14-17)32-13-12-31-21/h1-3,6-7,10-11,14-16,20H,4-5,8-9,12-13H2/b23-15-. The maximum absolute atomic E-state index is 13.3. The largest absolute Gasteiger partial charge is 0.486 e. The van der Waals surface area contributed by atoms with E-state index < -0.39 is 0 Å². The molecule has 1 aromatic heterocycles. The van der Waals surface area contributed by atoms with Crippen LogP contribution >= 0.6 is 24.0 Å². The van der Waals surface area contributed by atoms with E-state index in [1.54, 1.807) is 0 Å². The van der Waals surface area contributed by atoms with Crippen molar-refractivity contribution in [1.29, 1.82) is 0 Å². The van der Waals surface area contributed by atoms with Crippen LogP contribution in [0.25, 0.3) is 23.0 Å². The van der Waals surface area contributed by atoms with Gasteiger partial charge in [0.2, 0.25) is 0 Å². The average Bonchev–Trinajstić information content (AvgIpc) is 3.60. The lowest BCUT2D eigenvalue weighted by Gasteiger charge is -2.21. The Kier molecular flexibility index (Phi) is 5.63. The number of benzene rings is 2. The van der Waals surface area contributed by atoms with Crippen LogP contribution in [0.4, 0.5) is 0 Å². The molecule has 0 radical (unpaired) electrons. The normalized spacial score (nSPS) is 19.4. The third kappa shape index (κ3) is 3.91. The van der Waals surface area contributed by atoms with Crippen molar-refractivity contribution in [2.75, 3.05) is 13.2 Å². The van der Waals surface area contributed by atoms with Crippen LogP contribution in [-0.4, -0.2) is 44.2 Å². The zero-order valence-corrected chi connectivity index (χ0v) is 20.1. The van der Waals surface area contributed by atoms with Gasteiger partial charge in [-0.3, -0.25) is 9.69 Å². The van der Waals surface area contributed by atoms with Gasteiger partial charge in [-0.25, -0.2) is 4.68 Å². The number of aromatic nitrogens is 2. The molecular formula is C26H23N3O3S2. The lowest BCUT2D eigenvalue weighted by atomic mass is 10.1. The number of thiocarbonyl (C=S) groups is 1. The van der Waals surface area contributed by atoms with Gasteiger partial charge in [-0.2, -0.15) is 5.10 Å². The Morgan fingerprint density at radius 1 is 1.03 bits per heavy atom. The van der Waals surface area contributed by atoms with Crippen LogP contribution in [0.5, 0.6) is 11.5 Å². The molecule has 6 nitrogen and oxygen atoms in total. The Hall–Kier alpha value is -3.10. The quantitative estimate of drug-likeness (QED) is 0.359. The van der Waals surface area contributed by atoms with E-state index in [0.717, 1.165) is 53.9 Å². The van der Waals surface area contributed by atoms with Crippen molar-refractivity contribution in [3.05, 3.63) is 65.2 Å². The molecule has 34 heavy (non-hydrogen) atoms. The number of fused-ring (bicyclic) bond motifs is 1. The van der Waals surface area contributed by atoms with Crippen molar-refractivity contribution in [3.8, 4) is 28.4 Å². The number of thioether (sulfide) groups is 1. The van der Waals surface area contributed by atoms with Gasteiger partial charge >= 0.3 is 0 Å². The summed E-state index contributed by atoms with van der Waals surface area (Å²) < 4.78 is 14.0. The zero-order chi connectivity index (χ0) is 23.1. The van der Waals surface area contributed by atoms with Gasteiger partial charge in [0.25, 0.3) is 5.91 Å². The molecule has 6 rings (SSSR count). The molecule has 2 aromatic carbocycles. The summed E-state index contributed by atoms with van der Waals surface area (Å²) >= 11 is 6.98. The van der Waals surface area contributed by atoms with Crippen LogP contribution in [-0.2, 0) is 4.79 Å². The van der Waals surface area contributed by atoms with E-state index >= 15 is 0 Å². The van der Waals surface area contributed by atoms with Crippen LogP contribution in [0.1, 0.15) is 31.2 Å². The predicted molar refractivity (Wildman–Crippen MR) is 137 cm³/mol. The molecule has 2 aliphatic heterocycles. The maximum Gasteiger partial charge on any atom is 0.266 e. The van der Waals surface area contributed by atoms with Gasteiger partial charge < -0.3 is 9.47 Å². The summed E-state index contributed by atoms with van der Waals surface area (Å²) in [6.07, 6.45) is 8.23. The molecular weight excluding hydrogens is 466 g/mol. The lowest BCUT2D eigenvalue weighted by molar-refractivity contribution is -0.123. The number of hydrogen-bond acceptors (Lipinski definition) is 6. The summed E-state index contributed by atoms with van der Waals surface area (Å²) in [4.78, 5) is 15.8. The number of para-hydroxylation sites is 1. The smallest absolute Gasteiger partial charge is 0.266 e. The van der Waals surface area contributed by atoms with Gasteiger partial charge in [0, 0.05) is 23.4 Å². The minimum atomic E-state index is 0.00230. The summed E-state index contributed by atoms with van der Waals surface area (Å²) in [6, 6.07) is 16.0. The highest BCUT2D eigenvalue weighted by atomic mass is 32.2. The Morgan fingerprint density at radius 3 is 2.59 bits per heavy atom. The van der Waals surface area contributed by atoms with Gasteiger partial charge in [0.05, 0.1) is 10.6 Å². The number of carbonyl (C=O) groups is 1. The highest BCUT2D eigenvalue weighted by molar-refractivity contribution is 8.26. The summed E-state index contributed by atoms with van der Waals surface area (Å²) in [5, 5.41) is 4.89. The summed E-state index contributed by atoms with van der Waals surface area (Å²) in [5.74, 6) is 1.44. The highest BCUT2D eigenvalue weighted by Gasteiger charge is 2.38. The summed E-state index contributed by atoms with van der Waals surface area (Å²) in [5.41, 5.74) is 3.47. The second-order valence-electron chi connectivity index (χ2n) is 8.56. The van der Waals surface area contributed by atoms with E-state index in [1.807, 2.05) is 70.4 Å². The third-order valence-electron chi connectivity index (χ3n) is 6.38. The van der Waals surface area contributed by atoms with E-state index in [4.69, 9.17) is 26.8 Å². The first-order valence-electron chi connectivity index (χ1n) is 11.5. The van der Waals surface area contributed by atoms with Crippen molar-refractivity contribution in [1.82, 2.24) is 14.7 Å². The van der Waals surface area contributed by atoms with E-state index in [2.05, 4.69) is 0 Å². The van der Waals surface area contributed by atoms with Crippen molar-refractivity contribution < 1.29 is 14.3 Å². The van der Waals surface area contributed by atoms with Gasteiger partial charge in [-0.1, -0.05) is 55.0 Å². The monoisotopic (exact) mass is 489 g/mol. The molecule has 3 aliphatic rings. The highest BCUT2D eigenvalue weighted by Crippen LogP contribution is 2.40. The predicted octanol–water partition coefficient (Wildman–Crippen LogP) is 5.45. The number of ether oxygens (including phenoxy) is 2. The van der Waals surface area contributed by atoms with Crippen LogP contribution < -0.4 is 9.47 Å². The second kappa shape index (κ2) is 8.92. The molecule has 3 aromatic rings. The minimum absolute atomic E-state index is 0.00230. The first-order valence-corrected chi connectivity index (χ1v) is 12.7. The molecule has 2 fully saturated rings. The topological polar surface area (TPSA) is 56.6 Å². The van der Waals surface area contributed by atoms with Crippen LogP contribution in [0.2, 0.25) is 0 Å². The number of nitrogens with zero attached hydrogens (tertiary/aromatic N) is 3. The fraction of sp³-hybridized carbons (Fsp3) is 0.269. The Bertz CT molecular complexity index is 1300. The van der Waals surface area contributed by atoms with E-state index in [1.165, 1.54) is 11.8 Å². The zero-order valence-electron chi connectivity index (χ0n) is 18.5. The molecule has 3 heterocycles. The Morgan fingerprint density at radius 2 is 1.79 bits per heavy atom. The summed E-state index contributed by atoms with van der Waals surface area (Å²) in [6.45, 7) is 1.06. The van der Waals surface area contributed by atoms with Crippen LogP contribution in [0.15, 0.2) is 59.6 Å². The molecule has 1 amide bonds. The Labute approximate surface area is 207 Å². The van der Waals surface area contributed by atoms with Crippen LogP contribution in [0.3, 0.4) is 0 Å². The Balaban J connectivity index is 1.42. The first kappa shape index (κ1) is 21.4. The van der Waals surface area contributed by atoms with E-state index in [9.17, 15) is 4.79 Å². The third-order valence-corrected chi connectivity index (χ3v) is 7.71. The first-order chi connectivity index (χ1) is 16.7. The SMILES string of the molecule is O=C1/C(=C/c2cn(-c3ccccc3)nc2-c2ccc3c(c2)OCCO3)SC(=S)N1C1CCCC1. The van der Waals surface area contributed by atoms with Gasteiger partial charge in [-0.15, -0.1) is 0 Å². The van der Waals surface area contributed by atoms with Crippen molar-refractivity contribution in [2.24, 2.45) is 0 Å². The number of rotatable bonds is 4. The van der Waals surface area contributed by atoms with Crippen LogP contribution in [0, 0.1) is 0 Å². The molecule has 1 saturated heterocycles. The molecule has 0 N–H and O–H groups in total. The van der Waals surface area contributed by atoms with Crippen molar-refractivity contribution >= 4 is 40.3 Å². The van der Waals surface area contributed by atoms with Crippen molar-refractivity contribution in [3.63, 3.8) is 0 Å². The molecule has 0 atom stereocenters. The molecule has 8 heteroatoms. The number of carbonyl (C=O) groups excluding carboxylic acids is 1. The van der Waals surface area contributed by atoms with E-state index in [-0.39, 0.29) is 11.9 Å². The molecule has 1 saturated carbocycles. The molecule has 172 valence electrons. The van der Waals surface area contributed by atoms with Crippen molar-refractivity contribution in [2.45, 2.75) is 31.7 Å². The fourth-order valence-electron chi connectivity index (χ4n) is 4.72. The van der Waals surface area contributed by atoms with E-state index in [0.29, 0.717) is 28.2 Å². The number of amides is 1. The average molecular weight is 490 g/mol. The van der Waals surface area contributed by atoms with Gasteiger partial charge in [-0.05, 0) is 49.2 Å². The fourth-order valence-corrected chi connectivity index (χ4v) is 6.11. The minimum Gasteiger partial charge on any atom is -0.486 e. The van der Waals surface area contributed by atoms with Gasteiger partial charge in [0.1, 0.15) is 23.2 Å². The molecule has 0 bridgehead atoms.